The van der Waals surface area contributed by atoms with Crippen LogP contribution in [0.4, 0.5) is 4.79 Å². The molecule has 1 saturated heterocycles. The van der Waals surface area contributed by atoms with E-state index < -0.39 is 17.8 Å². The van der Waals surface area contributed by atoms with Gasteiger partial charge < -0.3 is 19.7 Å². The van der Waals surface area contributed by atoms with Crippen LogP contribution >= 0.6 is 0 Å². The Bertz CT molecular complexity index is 568. The highest BCUT2D eigenvalue weighted by Gasteiger charge is 2.31. The van der Waals surface area contributed by atoms with Gasteiger partial charge in [-0.15, -0.1) is 0 Å². The number of rotatable bonds is 4. The lowest BCUT2D eigenvalue weighted by Crippen LogP contribution is -2.52. The molecule has 0 saturated carbocycles. The number of carbonyl (C=O) groups is 2. The number of alkyl carbamates (subject to hydrolysis) is 1. The molecule has 6 heteroatoms. The number of carbonyl (C=O) groups excluding carboxylic acids is 2. The first-order valence-electron chi connectivity index (χ1n) is 8.15. The number of ketones is 1. The average molecular weight is 334 g/mol. The van der Waals surface area contributed by atoms with Crippen molar-refractivity contribution in [2.24, 2.45) is 0 Å². The highest BCUT2D eigenvalue weighted by molar-refractivity contribution is 5.99. The maximum absolute atomic E-state index is 12.6. The molecule has 1 aliphatic heterocycles. The van der Waals surface area contributed by atoms with E-state index in [4.69, 9.17) is 9.47 Å². The van der Waals surface area contributed by atoms with Crippen LogP contribution in [-0.4, -0.2) is 61.3 Å². The largest absolute Gasteiger partial charge is 0.444 e. The zero-order valence-electron chi connectivity index (χ0n) is 14.7. The van der Waals surface area contributed by atoms with Gasteiger partial charge in [0, 0.05) is 25.2 Å². The SMILES string of the molecule is CN1C[C@@H](CNC(=O)OC(C)(C)C)O[C@@H](C(=O)c2ccccc2)C1. The molecule has 0 bridgehead atoms. The summed E-state index contributed by atoms with van der Waals surface area (Å²) in [4.78, 5) is 26.3. The van der Waals surface area contributed by atoms with E-state index in [2.05, 4.69) is 5.32 Å². The van der Waals surface area contributed by atoms with E-state index in [-0.39, 0.29) is 11.9 Å². The van der Waals surface area contributed by atoms with Crippen molar-refractivity contribution in [1.29, 1.82) is 0 Å². The Balaban J connectivity index is 1.91. The average Bonchev–Trinajstić information content (AvgIpc) is 2.51. The standard InChI is InChI=1S/C18H26N2O4/c1-18(2,3)24-17(22)19-10-14-11-20(4)12-15(23-14)16(21)13-8-6-5-7-9-13/h5-9,14-15H,10-12H2,1-4H3,(H,19,22)/t14-,15-/m1/s1. The number of hydrogen-bond donors (Lipinski definition) is 1. The molecule has 0 aliphatic carbocycles. The molecule has 1 amide bonds. The summed E-state index contributed by atoms with van der Waals surface area (Å²) in [6.45, 7) is 6.92. The van der Waals surface area contributed by atoms with Crippen molar-refractivity contribution in [1.82, 2.24) is 10.2 Å². The predicted octanol–water partition coefficient (Wildman–Crippen LogP) is 2.09. The van der Waals surface area contributed by atoms with Crippen molar-refractivity contribution < 1.29 is 19.1 Å². The maximum Gasteiger partial charge on any atom is 0.407 e. The molecule has 0 spiro atoms. The smallest absolute Gasteiger partial charge is 0.407 e. The minimum absolute atomic E-state index is 0.0376. The first-order valence-corrected chi connectivity index (χ1v) is 8.15. The van der Waals surface area contributed by atoms with Gasteiger partial charge in [-0.1, -0.05) is 30.3 Å². The van der Waals surface area contributed by atoms with Crippen LogP contribution < -0.4 is 5.32 Å². The Morgan fingerprint density at radius 2 is 1.92 bits per heavy atom. The molecule has 1 aliphatic rings. The Labute approximate surface area is 143 Å². The Morgan fingerprint density at radius 1 is 1.25 bits per heavy atom. The number of amides is 1. The van der Waals surface area contributed by atoms with E-state index in [0.29, 0.717) is 25.2 Å². The van der Waals surface area contributed by atoms with Crippen LogP contribution in [0, 0.1) is 0 Å². The van der Waals surface area contributed by atoms with Crippen molar-refractivity contribution in [2.75, 3.05) is 26.7 Å². The van der Waals surface area contributed by atoms with Gasteiger partial charge in [-0.05, 0) is 27.8 Å². The summed E-state index contributed by atoms with van der Waals surface area (Å²) in [7, 11) is 1.94. The lowest BCUT2D eigenvalue weighted by atomic mass is 10.0. The van der Waals surface area contributed by atoms with E-state index in [1.54, 1.807) is 12.1 Å². The summed E-state index contributed by atoms with van der Waals surface area (Å²) >= 11 is 0. The zero-order chi connectivity index (χ0) is 17.7. The summed E-state index contributed by atoms with van der Waals surface area (Å²) in [6.07, 6.45) is -1.27. The van der Waals surface area contributed by atoms with Gasteiger partial charge in [0.1, 0.15) is 11.7 Å². The van der Waals surface area contributed by atoms with Crippen LogP contribution in [0.2, 0.25) is 0 Å². The Kier molecular flexibility index (Phi) is 5.96. The van der Waals surface area contributed by atoms with Crippen LogP contribution in [0.15, 0.2) is 30.3 Å². The van der Waals surface area contributed by atoms with Crippen molar-refractivity contribution in [2.45, 2.75) is 38.6 Å². The van der Waals surface area contributed by atoms with Crippen LogP contribution in [0.3, 0.4) is 0 Å². The summed E-state index contributed by atoms with van der Waals surface area (Å²) in [5.74, 6) is -0.0376. The van der Waals surface area contributed by atoms with Gasteiger partial charge in [0.25, 0.3) is 0 Å². The Hall–Kier alpha value is -1.92. The van der Waals surface area contributed by atoms with E-state index in [1.165, 1.54) is 0 Å². The molecule has 1 fully saturated rings. The minimum atomic E-state index is -0.542. The van der Waals surface area contributed by atoms with Gasteiger partial charge in [0.2, 0.25) is 0 Å². The second-order valence-electron chi connectivity index (χ2n) is 7.08. The molecule has 132 valence electrons. The van der Waals surface area contributed by atoms with E-state index in [1.807, 2.05) is 50.9 Å². The van der Waals surface area contributed by atoms with E-state index in [0.717, 1.165) is 0 Å². The third-order valence-corrected chi connectivity index (χ3v) is 3.57. The predicted molar refractivity (Wildman–Crippen MR) is 91.2 cm³/mol. The molecule has 2 atom stereocenters. The van der Waals surface area contributed by atoms with Crippen LogP contribution in [0.1, 0.15) is 31.1 Å². The van der Waals surface area contributed by atoms with Gasteiger partial charge in [-0.2, -0.15) is 0 Å². The minimum Gasteiger partial charge on any atom is -0.444 e. The third-order valence-electron chi connectivity index (χ3n) is 3.57. The molecule has 1 N–H and O–H groups in total. The first-order chi connectivity index (χ1) is 11.2. The van der Waals surface area contributed by atoms with Crippen LogP contribution in [0.25, 0.3) is 0 Å². The molecule has 1 aromatic rings. The van der Waals surface area contributed by atoms with E-state index >= 15 is 0 Å². The highest BCUT2D eigenvalue weighted by Crippen LogP contribution is 2.15. The number of Topliss-reactive ketones (excluding diaryl/α,β-unsaturated/α-hetero) is 1. The normalized spacial score (nSPS) is 22.0. The van der Waals surface area contributed by atoms with Gasteiger partial charge in [0.05, 0.1) is 6.10 Å². The van der Waals surface area contributed by atoms with Gasteiger partial charge >= 0.3 is 6.09 Å². The van der Waals surface area contributed by atoms with Crippen LogP contribution in [-0.2, 0) is 9.47 Å². The molecule has 24 heavy (non-hydrogen) atoms. The quantitative estimate of drug-likeness (QED) is 0.854. The molecule has 0 radical (unpaired) electrons. The number of hydrogen-bond acceptors (Lipinski definition) is 5. The van der Waals surface area contributed by atoms with Gasteiger partial charge in [-0.25, -0.2) is 4.79 Å². The van der Waals surface area contributed by atoms with Gasteiger partial charge in [-0.3, -0.25) is 4.79 Å². The number of likely N-dealkylation sites (N-methyl/N-ethyl adjacent to an activating group) is 1. The number of ether oxygens (including phenoxy) is 2. The first kappa shape index (κ1) is 18.4. The van der Waals surface area contributed by atoms with Crippen molar-refractivity contribution in [3.05, 3.63) is 35.9 Å². The number of nitrogens with one attached hydrogen (secondary N) is 1. The number of benzene rings is 1. The lowest BCUT2D eigenvalue weighted by molar-refractivity contribution is -0.0610. The second kappa shape index (κ2) is 7.77. The fraction of sp³-hybridized carbons (Fsp3) is 0.556. The molecule has 2 rings (SSSR count). The monoisotopic (exact) mass is 334 g/mol. The molecule has 0 unspecified atom stereocenters. The third kappa shape index (κ3) is 5.62. The molecule has 1 heterocycles. The number of nitrogens with zero attached hydrogens (tertiary/aromatic N) is 1. The van der Waals surface area contributed by atoms with Crippen molar-refractivity contribution in [3.8, 4) is 0 Å². The fourth-order valence-electron chi connectivity index (χ4n) is 2.58. The molecular formula is C18H26N2O4. The lowest BCUT2D eigenvalue weighted by Gasteiger charge is -2.35. The molecule has 0 aromatic heterocycles. The zero-order valence-corrected chi connectivity index (χ0v) is 14.7. The molecular weight excluding hydrogens is 308 g/mol. The van der Waals surface area contributed by atoms with Crippen LogP contribution in [0.5, 0.6) is 0 Å². The van der Waals surface area contributed by atoms with E-state index in [9.17, 15) is 9.59 Å². The number of morpholine rings is 1. The second-order valence-corrected chi connectivity index (χ2v) is 7.08. The molecule has 6 nitrogen and oxygen atoms in total. The summed E-state index contributed by atoms with van der Waals surface area (Å²) < 4.78 is 11.1. The van der Waals surface area contributed by atoms with Crippen molar-refractivity contribution >= 4 is 11.9 Å². The van der Waals surface area contributed by atoms with Crippen molar-refractivity contribution in [3.63, 3.8) is 0 Å². The summed E-state index contributed by atoms with van der Waals surface area (Å²) in [6, 6.07) is 9.11. The maximum atomic E-state index is 12.6. The highest BCUT2D eigenvalue weighted by atomic mass is 16.6. The topological polar surface area (TPSA) is 67.9 Å². The Morgan fingerprint density at radius 3 is 2.54 bits per heavy atom. The summed E-state index contributed by atoms with van der Waals surface area (Å²) in [5, 5.41) is 2.70. The van der Waals surface area contributed by atoms with Gasteiger partial charge in [0.15, 0.2) is 5.78 Å². The summed E-state index contributed by atoms with van der Waals surface area (Å²) in [5.41, 5.74) is 0.0942. The molecule has 1 aromatic carbocycles. The fourth-order valence-corrected chi connectivity index (χ4v) is 2.58.